The zero-order valence-electron chi connectivity index (χ0n) is 27.7. The van der Waals surface area contributed by atoms with Crippen molar-refractivity contribution in [2.75, 3.05) is 18.2 Å². The third kappa shape index (κ3) is 10.2. The highest BCUT2D eigenvalue weighted by atomic mass is 32.2. The van der Waals surface area contributed by atoms with E-state index in [0.717, 1.165) is 48.6 Å². The Bertz CT molecular complexity index is 2320. The van der Waals surface area contributed by atoms with E-state index in [4.69, 9.17) is 20.0 Å². The Balaban J connectivity index is 1.76. The first-order valence-corrected chi connectivity index (χ1v) is 19.1. The molecule has 0 atom stereocenters. The van der Waals surface area contributed by atoms with Crippen LogP contribution in [0, 0.1) is 0 Å². The summed E-state index contributed by atoms with van der Waals surface area (Å²) >= 11 is 0.795. The fourth-order valence-corrected chi connectivity index (χ4v) is 6.60. The molecule has 0 spiro atoms. The molecule has 0 aliphatic carbocycles. The fourth-order valence-electron chi connectivity index (χ4n) is 4.51. The maximum absolute atomic E-state index is 13.6. The molecule has 0 unspecified atom stereocenters. The van der Waals surface area contributed by atoms with Gasteiger partial charge in [-0.25, -0.2) is 20.1 Å². The summed E-state index contributed by atoms with van der Waals surface area (Å²) in [5, 5.41) is 43.6. The summed E-state index contributed by atoms with van der Waals surface area (Å²) in [4.78, 5) is 37.8. The molecule has 0 radical (unpaired) electrons. The molecule has 3 aromatic rings. The van der Waals surface area contributed by atoms with Gasteiger partial charge in [-0.15, -0.1) is 8.67 Å². The average Bonchev–Trinajstić information content (AvgIpc) is 3.64. The van der Waals surface area contributed by atoms with Crippen LogP contribution in [0.25, 0.3) is 11.8 Å². The van der Waals surface area contributed by atoms with Gasteiger partial charge in [0.25, 0.3) is 26.1 Å². The highest BCUT2D eigenvalue weighted by Crippen LogP contribution is 2.36. The Morgan fingerprint density at radius 2 is 1.36 bits per heavy atom. The van der Waals surface area contributed by atoms with Crippen LogP contribution in [0.15, 0.2) is 91.0 Å². The summed E-state index contributed by atoms with van der Waals surface area (Å²) in [7, 11) is -9.92. The van der Waals surface area contributed by atoms with Gasteiger partial charge >= 0.3 is 11.9 Å². The Kier molecular flexibility index (Phi) is 14.4. The largest absolute Gasteiger partial charge is 0.493 e. The zero-order chi connectivity index (χ0) is 40.5. The Hall–Kier alpha value is -4.97. The molecule has 294 valence electrons. The van der Waals surface area contributed by atoms with Crippen LogP contribution >= 0.6 is 24.1 Å². The van der Waals surface area contributed by atoms with Gasteiger partial charge in [-0.05, 0) is 62.4 Å². The van der Waals surface area contributed by atoms with Crippen molar-refractivity contribution < 1.29 is 84.2 Å². The van der Waals surface area contributed by atoms with Gasteiger partial charge in [0.1, 0.15) is 9.79 Å². The number of carbonyl (C=O) groups is 3. The van der Waals surface area contributed by atoms with Crippen LogP contribution in [0.1, 0.15) is 29.9 Å². The maximum atomic E-state index is 13.6. The molecule has 2 aromatic carbocycles. The minimum atomic E-state index is -4.97. The predicted octanol–water partition coefficient (Wildman–Crippen LogP) is 3.57. The molecule has 4 rings (SSSR count). The van der Waals surface area contributed by atoms with Crippen LogP contribution in [-0.2, 0) is 58.0 Å². The smallest absolute Gasteiger partial charge is 0.359 e. The van der Waals surface area contributed by atoms with E-state index in [-0.39, 0.29) is 28.6 Å². The topological polar surface area (TPSA) is 309 Å². The van der Waals surface area contributed by atoms with E-state index in [2.05, 4.69) is 28.9 Å². The molecule has 1 aromatic heterocycles. The number of nitrogens with zero attached hydrogens (tertiary/aromatic N) is 4. The maximum Gasteiger partial charge on any atom is 0.359 e. The molecule has 1 aliphatic heterocycles. The number of anilines is 1. The minimum absolute atomic E-state index is 0.0551. The van der Waals surface area contributed by atoms with Crippen LogP contribution in [-0.4, -0.2) is 88.1 Å². The first kappa shape index (κ1) is 42.8. The van der Waals surface area contributed by atoms with Gasteiger partial charge in [0.05, 0.1) is 59.8 Å². The number of aromatic hydroxyl groups is 1. The van der Waals surface area contributed by atoms with Gasteiger partial charge in [0.15, 0.2) is 11.4 Å². The molecule has 26 heteroatoms. The van der Waals surface area contributed by atoms with Crippen molar-refractivity contribution in [2.45, 2.75) is 33.4 Å². The van der Waals surface area contributed by atoms with Crippen molar-refractivity contribution in [3.05, 3.63) is 77.5 Å². The summed E-state index contributed by atoms with van der Waals surface area (Å²) in [6.07, 6.45) is 5.90. The number of carbonyl (C=O) groups excluding carboxylic acids is 3. The number of hydrogen-bond acceptors (Lipinski definition) is 20. The molecule has 0 saturated heterocycles. The Morgan fingerprint density at radius 1 is 0.818 bits per heavy atom. The first-order valence-electron chi connectivity index (χ1n) is 14.7. The van der Waals surface area contributed by atoms with Crippen molar-refractivity contribution in [2.24, 2.45) is 5.10 Å². The second-order valence-electron chi connectivity index (χ2n) is 9.99. The van der Waals surface area contributed by atoms with Crippen LogP contribution < -0.4 is 5.01 Å². The number of rotatable bonds is 17. The summed E-state index contributed by atoms with van der Waals surface area (Å²) < 4.78 is 87.6. The number of allylic oxidation sites excluding steroid dienone is 4. The zero-order valence-corrected chi connectivity index (χ0v) is 31.0. The lowest BCUT2D eigenvalue weighted by molar-refractivity contribution is -0.432. The number of benzene rings is 2. The van der Waals surface area contributed by atoms with Gasteiger partial charge in [-0.1, -0.05) is 28.3 Å². The fraction of sp³-hybridized carbons (Fsp3) is 0.138. The molecule has 55 heavy (non-hydrogen) atoms. The van der Waals surface area contributed by atoms with Gasteiger partial charge in [0, 0.05) is 9.79 Å². The van der Waals surface area contributed by atoms with Crippen LogP contribution in [0.5, 0.6) is 5.88 Å². The van der Waals surface area contributed by atoms with E-state index in [1.54, 1.807) is 0 Å². The molecule has 0 fully saturated rings. The molecule has 0 saturated carbocycles. The monoisotopic (exact) mass is 846 g/mol. The summed E-state index contributed by atoms with van der Waals surface area (Å²) in [5.74, 6) is -4.00. The average molecular weight is 847 g/mol. The molecule has 1 aliphatic rings. The highest BCUT2D eigenvalue weighted by Gasteiger charge is 2.38. The van der Waals surface area contributed by atoms with Gasteiger partial charge in [0.2, 0.25) is 5.88 Å². The predicted molar refractivity (Wildman–Crippen MR) is 186 cm³/mol. The molecular weight excluding hydrogens is 821 g/mol. The van der Waals surface area contributed by atoms with Crippen molar-refractivity contribution >= 4 is 79.6 Å². The van der Waals surface area contributed by atoms with Crippen molar-refractivity contribution in [1.29, 1.82) is 0 Å². The number of aromatic nitrogens is 2. The van der Waals surface area contributed by atoms with E-state index >= 15 is 0 Å². The Morgan fingerprint density at radius 3 is 1.91 bits per heavy atom. The SMILES string of the molecule is CCOC(=O)C1=NN(c2cc(SOOO)ccc2S(=O)(=O)O)C(=O)C1=CC=CC=Cc1c(C(=O)OCC)nn(-c2cc(SOOO)ccc2S(=O)(=O)O)c1O. The van der Waals surface area contributed by atoms with Gasteiger partial charge in [-0.3, -0.25) is 13.9 Å². The highest BCUT2D eigenvalue weighted by molar-refractivity contribution is 7.94. The molecule has 5 N–H and O–H groups in total. The number of esters is 2. The lowest BCUT2D eigenvalue weighted by Gasteiger charge is -2.15. The van der Waals surface area contributed by atoms with Gasteiger partial charge in [-0.2, -0.15) is 36.7 Å². The first-order chi connectivity index (χ1) is 26.1. The summed E-state index contributed by atoms with van der Waals surface area (Å²) in [6.45, 7) is 2.70. The van der Waals surface area contributed by atoms with Gasteiger partial charge < -0.3 is 14.6 Å². The molecule has 0 bridgehead atoms. The van der Waals surface area contributed by atoms with Crippen LogP contribution in [0.3, 0.4) is 0 Å². The van der Waals surface area contributed by atoms with Crippen molar-refractivity contribution in [3.63, 3.8) is 0 Å². The molecule has 2 heterocycles. The van der Waals surface area contributed by atoms with Crippen LogP contribution in [0.4, 0.5) is 5.69 Å². The lowest BCUT2D eigenvalue weighted by atomic mass is 10.1. The van der Waals surface area contributed by atoms with Crippen LogP contribution in [0.2, 0.25) is 0 Å². The minimum Gasteiger partial charge on any atom is -0.493 e. The normalized spacial score (nSPS) is 14.4. The summed E-state index contributed by atoms with van der Waals surface area (Å²) in [5.41, 5.74) is -2.80. The number of amides is 1. The third-order valence-corrected chi connectivity index (χ3v) is 9.61. The van der Waals surface area contributed by atoms with E-state index in [9.17, 15) is 45.4 Å². The second-order valence-corrected chi connectivity index (χ2v) is 14.3. The number of ether oxygens (including phenoxy) is 2. The number of hydrogen-bond donors (Lipinski definition) is 5. The second kappa shape index (κ2) is 18.6. The Labute approximate surface area is 318 Å². The quantitative estimate of drug-likeness (QED) is 0.0247. The molecule has 1 amide bonds. The van der Waals surface area contributed by atoms with Crippen molar-refractivity contribution in [3.8, 4) is 11.6 Å². The van der Waals surface area contributed by atoms with Crippen molar-refractivity contribution in [1.82, 2.24) is 9.78 Å². The van der Waals surface area contributed by atoms with E-state index < -0.39 is 82.1 Å². The summed E-state index contributed by atoms with van der Waals surface area (Å²) in [6, 6.07) is 6.20. The standard InChI is InChI=1S/C29H26N4O18S4/c1-3-46-28(36)24-18(26(34)32(30-24)20-14-16(52-50-48-38)10-12-22(20)54(40,41)42)8-6-5-7-9-19-25(29(37)47-4-2)31-33(27(19)35)21-15-17(53-51-49-39)11-13-23(21)55(43,44)45/h5-15,34,38-39H,3-4H2,1-2H3,(H,40,41,42)(H,43,44,45). The third-order valence-electron chi connectivity index (χ3n) is 6.65. The molecule has 22 nitrogen and oxygen atoms in total. The molecular formula is C29H26N4O18S4. The van der Waals surface area contributed by atoms with E-state index in [1.165, 1.54) is 32.1 Å². The van der Waals surface area contributed by atoms with E-state index in [1.807, 2.05) is 0 Å². The lowest BCUT2D eigenvalue weighted by Crippen LogP contribution is -2.24. The van der Waals surface area contributed by atoms with E-state index in [0.29, 0.717) is 33.8 Å². The number of hydrazone groups is 1.